The van der Waals surface area contributed by atoms with Crippen LogP contribution in [0.25, 0.3) is 67.5 Å². The molecule has 116 heavy (non-hydrogen) atoms. The standard InChI is InChI=1S/C64H54N2O.C46H38N2O/c1-61(2)51-25-17-15-23-45(51)47-31-27-41(35-53(47)61)65(39-19-11-9-12-20-39)43-29-33-49-55(37-43)63(5,6)57-58-60(67-59(49)57)50-34-30-44(38-56(50)64(58,7)8)66(40-21-13-10-14-22-40)42-28-32-48-46-24-16-18-26-52(46)62(3,4)54(48)36-42;1-45(2)39-29-35(47(31-17-9-5-10-18-31)32-19-11-6-12-20-32)25-27-37(39)43-41(45)42-44(49-43)38-28-26-36(30-40(38)46(42,3)4)48(33-21-13-7-14-22-33)34-23-15-8-16-24-34/h9-38H,1-8H3;5-30H,1-4H3. The van der Waals surface area contributed by atoms with Gasteiger partial charge in [0, 0.05) is 145 Å². The number of furan rings is 2. The van der Waals surface area contributed by atoms with Crippen molar-refractivity contribution in [2.45, 2.75) is 116 Å². The monoisotopic (exact) mass is 1500 g/mol. The van der Waals surface area contributed by atoms with E-state index in [0.717, 1.165) is 91.3 Å². The molecular weight excluding hydrogens is 1410 g/mol. The van der Waals surface area contributed by atoms with Crippen molar-refractivity contribution in [3.05, 3.63) is 406 Å². The van der Waals surface area contributed by atoms with Gasteiger partial charge in [-0.2, -0.15) is 0 Å². The van der Waals surface area contributed by atoms with Gasteiger partial charge in [-0.15, -0.1) is 0 Å². The first-order valence-corrected chi connectivity index (χ1v) is 41.0. The topological polar surface area (TPSA) is 39.2 Å². The second kappa shape index (κ2) is 25.7. The van der Waals surface area contributed by atoms with E-state index in [1.165, 1.54) is 111 Å². The Morgan fingerprint density at radius 1 is 0.155 bits per heavy atom. The Morgan fingerprint density at radius 3 is 0.552 bits per heavy atom. The molecule has 6 heteroatoms. The quantitative estimate of drug-likeness (QED) is 0.121. The van der Waals surface area contributed by atoms with Crippen molar-refractivity contribution in [3.8, 4) is 67.5 Å². The molecule has 22 rings (SSSR count). The molecule has 2 aromatic heterocycles. The van der Waals surface area contributed by atoms with Crippen LogP contribution in [0.15, 0.2) is 349 Å². The number of nitrogens with zero attached hydrogens (tertiary/aromatic N) is 4. The van der Waals surface area contributed by atoms with Crippen LogP contribution in [0, 0.1) is 0 Å². The summed E-state index contributed by atoms with van der Waals surface area (Å²) < 4.78 is 14.2. The van der Waals surface area contributed by atoms with E-state index in [4.69, 9.17) is 8.83 Å². The fourth-order valence-corrected chi connectivity index (χ4v) is 21.0. The number of anilines is 12. The van der Waals surface area contributed by atoms with Crippen molar-refractivity contribution < 1.29 is 8.83 Å². The molecule has 0 radical (unpaired) electrons. The minimum Gasteiger partial charge on any atom is -0.455 e. The fourth-order valence-electron chi connectivity index (χ4n) is 21.0. The zero-order valence-electron chi connectivity index (χ0n) is 67.9. The molecule has 6 aliphatic rings. The zero-order chi connectivity index (χ0) is 79.1. The van der Waals surface area contributed by atoms with Crippen LogP contribution in [0.5, 0.6) is 0 Å². The Hall–Kier alpha value is -13.2. The van der Waals surface area contributed by atoms with E-state index >= 15 is 0 Å². The summed E-state index contributed by atoms with van der Waals surface area (Å²) in [6.45, 7) is 28.5. The van der Waals surface area contributed by atoms with E-state index in [1.807, 2.05) is 0 Å². The maximum Gasteiger partial charge on any atom is 0.139 e. The lowest BCUT2D eigenvalue weighted by Crippen LogP contribution is -2.23. The first kappa shape index (κ1) is 70.7. The van der Waals surface area contributed by atoms with Gasteiger partial charge in [-0.1, -0.05) is 253 Å². The highest BCUT2D eigenvalue weighted by Gasteiger charge is 2.53. The molecule has 0 N–H and O–H groups in total. The first-order chi connectivity index (χ1) is 56.1. The van der Waals surface area contributed by atoms with Crippen LogP contribution in [0.4, 0.5) is 68.2 Å². The third kappa shape index (κ3) is 10.4. The van der Waals surface area contributed by atoms with E-state index in [-0.39, 0.29) is 32.5 Å². The Kier molecular flexibility index (Phi) is 15.6. The van der Waals surface area contributed by atoms with Crippen molar-refractivity contribution in [2.75, 3.05) is 19.6 Å². The predicted octanol–water partition coefficient (Wildman–Crippen LogP) is 30.3. The van der Waals surface area contributed by atoms with E-state index in [0.29, 0.717) is 0 Å². The second-order valence-corrected chi connectivity index (χ2v) is 35.6. The van der Waals surface area contributed by atoms with Gasteiger partial charge < -0.3 is 28.4 Å². The molecule has 0 amide bonds. The Morgan fingerprint density at radius 2 is 0.328 bits per heavy atom. The number of para-hydroxylation sites is 6. The van der Waals surface area contributed by atoms with Crippen molar-refractivity contribution in [2.24, 2.45) is 0 Å². The molecule has 564 valence electrons. The van der Waals surface area contributed by atoms with Gasteiger partial charge in [0.15, 0.2) is 0 Å². The molecular formula is C110H92N4O2. The molecule has 0 unspecified atom stereocenters. The van der Waals surface area contributed by atoms with E-state index in [9.17, 15) is 0 Å². The molecule has 0 aliphatic heterocycles. The second-order valence-electron chi connectivity index (χ2n) is 35.6. The Labute approximate surface area is 681 Å². The normalized spacial score (nSPS) is 15.5. The number of hydrogen-bond acceptors (Lipinski definition) is 6. The number of rotatable bonds is 12. The summed E-state index contributed by atoms with van der Waals surface area (Å²) in [5, 5.41) is 0. The molecule has 0 saturated heterocycles. The molecule has 0 saturated carbocycles. The largest absolute Gasteiger partial charge is 0.455 e. The van der Waals surface area contributed by atoms with Crippen molar-refractivity contribution >= 4 is 68.2 Å². The van der Waals surface area contributed by atoms with Gasteiger partial charge in [0.1, 0.15) is 23.0 Å². The predicted molar refractivity (Wildman–Crippen MR) is 482 cm³/mol. The molecule has 0 atom stereocenters. The molecule has 0 bridgehead atoms. The van der Waals surface area contributed by atoms with Crippen molar-refractivity contribution in [1.29, 1.82) is 0 Å². The lowest BCUT2D eigenvalue weighted by molar-refractivity contribution is 0.592. The maximum atomic E-state index is 7.21. The summed E-state index contributed by atoms with van der Waals surface area (Å²) in [7, 11) is 0. The maximum absolute atomic E-state index is 7.21. The highest BCUT2D eigenvalue weighted by Crippen LogP contribution is 2.65. The van der Waals surface area contributed by atoms with Crippen LogP contribution < -0.4 is 19.6 Å². The summed E-state index contributed by atoms with van der Waals surface area (Å²) >= 11 is 0. The number of fused-ring (bicyclic) bond motifs is 20. The van der Waals surface area contributed by atoms with Gasteiger partial charge in [-0.25, -0.2) is 0 Å². The van der Waals surface area contributed by atoms with E-state index in [2.05, 4.69) is 442 Å². The van der Waals surface area contributed by atoms with E-state index < -0.39 is 0 Å². The van der Waals surface area contributed by atoms with Crippen LogP contribution in [0.2, 0.25) is 0 Å². The van der Waals surface area contributed by atoms with Gasteiger partial charge in [0.2, 0.25) is 0 Å². The minimum absolute atomic E-state index is 0.101. The summed E-state index contributed by atoms with van der Waals surface area (Å²) in [5.41, 5.74) is 38.3. The highest BCUT2D eigenvalue weighted by molar-refractivity contribution is 5.96. The molecule has 0 fully saturated rings. The zero-order valence-corrected chi connectivity index (χ0v) is 67.9. The van der Waals surface area contributed by atoms with E-state index in [1.54, 1.807) is 0 Å². The summed E-state index contributed by atoms with van der Waals surface area (Å²) in [5.74, 6) is 4.05. The van der Waals surface area contributed by atoms with Gasteiger partial charge in [0.25, 0.3) is 0 Å². The molecule has 6 aliphatic carbocycles. The van der Waals surface area contributed by atoms with Crippen molar-refractivity contribution in [3.63, 3.8) is 0 Å². The molecule has 0 spiro atoms. The number of benzene rings is 14. The lowest BCUT2D eigenvalue weighted by atomic mass is 9.74. The van der Waals surface area contributed by atoms with Crippen LogP contribution in [-0.4, -0.2) is 0 Å². The first-order valence-electron chi connectivity index (χ1n) is 41.0. The van der Waals surface area contributed by atoms with Crippen LogP contribution in [-0.2, 0) is 32.5 Å². The number of hydrogen-bond donors (Lipinski definition) is 0. The highest BCUT2D eigenvalue weighted by atomic mass is 16.3. The smallest absolute Gasteiger partial charge is 0.139 e. The van der Waals surface area contributed by atoms with Crippen LogP contribution in [0.3, 0.4) is 0 Å². The lowest BCUT2D eigenvalue weighted by Gasteiger charge is -2.31. The Balaban J connectivity index is 0.000000152. The minimum atomic E-state index is -0.311. The van der Waals surface area contributed by atoms with Gasteiger partial charge in [0.05, 0.1) is 0 Å². The van der Waals surface area contributed by atoms with Gasteiger partial charge >= 0.3 is 0 Å². The fraction of sp³-hybridized carbons (Fsp3) is 0.164. The summed E-state index contributed by atoms with van der Waals surface area (Å²) in [6, 6.07) is 124. The van der Waals surface area contributed by atoms with Gasteiger partial charge in [-0.3, -0.25) is 0 Å². The molecule has 14 aromatic carbocycles. The average molecular weight is 1500 g/mol. The van der Waals surface area contributed by atoms with Crippen LogP contribution >= 0.6 is 0 Å². The Bertz CT molecular complexity index is 6160. The average Bonchev–Trinajstić information content (AvgIpc) is 1.51. The molecule has 2 heterocycles. The van der Waals surface area contributed by atoms with Crippen molar-refractivity contribution in [1.82, 2.24) is 0 Å². The molecule has 6 nitrogen and oxygen atoms in total. The summed E-state index contributed by atoms with van der Waals surface area (Å²) in [6.07, 6.45) is 0. The van der Waals surface area contributed by atoms with Gasteiger partial charge in [-0.05, 0) is 237 Å². The summed E-state index contributed by atoms with van der Waals surface area (Å²) in [4.78, 5) is 9.54. The third-order valence-corrected chi connectivity index (χ3v) is 26.8. The SMILES string of the molecule is CC1(C)c2cc(N(c3ccccc3)c3ccccc3)ccc2-c2oc3c(c21)C(C)(C)c1cc(N(c2ccccc2)c2ccccc2)ccc1-3.CC1(C)c2ccccc2-c2ccc(N(c3ccccc3)c3ccc4c(c3)C(C)(C)c3c-4oc4c3C(C)(C)c3cc(N(c5ccccc5)c5ccc6c(c5)C(C)(C)c5ccccc5-6)ccc3-4)cc21. The van der Waals surface area contributed by atoms with Crippen LogP contribution in [0.1, 0.15) is 150 Å². The third-order valence-electron chi connectivity index (χ3n) is 26.8. The molecule has 16 aromatic rings.